The second-order valence-corrected chi connectivity index (χ2v) is 3.90. The second kappa shape index (κ2) is 4.86. The molecule has 0 radical (unpaired) electrons. The van der Waals surface area contributed by atoms with Crippen LogP contribution in [0.5, 0.6) is 0 Å². The molecule has 88 valence electrons. The number of hydrogen-bond donors (Lipinski definition) is 0. The number of Topliss-reactive ketones (excluding diaryl/α,β-unsaturated/α-hetero) is 1. The third-order valence-electron chi connectivity index (χ3n) is 2.68. The Balaban J connectivity index is 2.25. The molecule has 0 N–H and O–H groups in total. The molecule has 0 aliphatic carbocycles. The molecule has 0 fully saturated rings. The van der Waals surface area contributed by atoms with Gasteiger partial charge in [0.1, 0.15) is 0 Å². The molecule has 2 aromatic rings. The van der Waals surface area contributed by atoms with Gasteiger partial charge in [-0.2, -0.15) is 5.10 Å². The van der Waals surface area contributed by atoms with Crippen LogP contribution in [0.4, 0.5) is 0 Å². The van der Waals surface area contributed by atoms with Crippen LogP contribution in [0.2, 0.25) is 0 Å². The first-order valence-corrected chi connectivity index (χ1v) is 5.58. The summed E-state index contributed by atoms with van der Waals surface area (Å²) in [6.07, 6.45) is 7.33. The first-order valence-electron chi connectivity index (χ1n) is 5.58. The van der Waals surface area contributed by atoms with Crippen LogP contribution in [-0.2, 0) is 0 Å². The second-order valence-electron chi connectivity index (χ2n) is 3.90. The fourth-order valence-electron chi connectivity index (χ4n) is 1.44. The average molecular weight is 230 g/mol. The molecule has 0 aliphatic heterocycles. The standard InChI is InChI=1S/C12H14N4O/c1-3-9(2)11(17)10-7-15-16(8-10)12-13-5-4-6-14-12/h4-9H,3H2,1-2H3. The van der Waals surface area contributed by atoms with Crippen LogP contribution < -0.4 is 0 Å². The van der Waals surface area contributed by atoms with Crippen molar-refractivity contribution in [2.75, 3.05) is 0 Å². The van der Waals surface area contributed by atoms with Crippen LogP contribution in [0.15, 0.2) is 30.9 Å². The lowest BCUT2D eigenvalue weighted by Crippen LogP contribution is -2.09. The van der Waals surface area contributed by atoms with E-state index in [1.807, 2.05) is 13.8 Å². The molecule has 5 nitrogen and oxygen atoms in total. The molecule has 17 heavy (non-hydrogen) atoms. The molecule has 5 heteroatoms. The minimum Gasteiger partial charge on any atom is -0.294 e. The van der Waals surface area contributed by atoms with Crippen LogP contribution in [0.25, 0.3) is 5.95 Å². The molecule has 2 rings (SSSR count). The number of carbonyl (C=O) groups excluding carboxylic acids is 1. The Hall–Kier alpha value is -2.04. The first kappa shape index (κ1) is 11.4. The Morgan fingerprint density at radius 3 is 2.76 bits per heavy atom. The Bertz CT molecular complexity index is 506. The Morgan fingerprint density at radius 2 is 2.12 bits per heavy atom. The molecule has 0 aliphatic rings. The van der Waals surface area contributed by atoms with E-state index in [9.17, 15) is 4.79 Å². The van der Waals surface area contributed by atoms with Gasteiger partial charge in [-0.3, -0.25) is 4.79 Å². The van der Waals surface area contributed by atoms with Gasteiger partial charge in [-0.05, 0) is 12.5 Å². The van der Waals surface area contributed by atoms with Gasteiger partial charge in [0.2, 0.25) is 5.95 Å². The van der Waals surface area contributed by atoms with Crippen molar-refractivity contribution in [1.29, 1.82) is 0 Å². The van der Waals surface area contributed by atoms with Crippen LogP contribution in [-0.4, -0.2) is 25.5 Å². The van der Waals surface area contributed by atoms with Gasteiger partial charge in [-0.25, -0.2) is 14.6 Å². The molecule has 2 aromatic heterocycles. The maximum absolute atomic E-state index is 11.9. The summed E-state index contributed by atoms with van der Waals surface area (Å²) in [5.41, 5.74) is 0.604. The van der Waals surface area contributed by atoms with Gasteiger partial charge in [0.15, 0.2) is 5.78 Å². The summed E-state index contributed by atoms with van der Waals surface area (Å²) < 4.78 is 1.51. The Labute approximate surface area is 99.5 Å². The number of carbonyl (C=O) groups is 1. The van der Waals surface area contributed by atoms with E-state index in [0.717, 1.165) is 6.42 Å². The smallest absolute Gasteiger partial charge is 0.250 e. The van der Waals surface area contributed by atoms with E-state index in [1.165, 1.54) is 4.68 Å². The number of ketones is 1. The van der Waals surface area contributed by atoms with Crippen molar-refractivity contribution in [3.8, 4) is 5.95 Å². The normalized spacial score (nSPS) is 12.4. The van der Waals surface area contributed by atoms with E-state index in [0.29, 0.717) is 11.5 Å². The molecule has 0 amide bonds. The van der Waals surface area contributed by atoms with Gasteiger partial charge in [0.05, 0.1) is 11.8 Å². The number of hydrogen-bond acceptors (Lipinski definition) is 4. The fraction of sp³-hybridized carbons (Fsp3) is 0.333. The van der Waals surface area contributed by atoms with Crippen LogP contribution in [0.3, 0.4) is 0 Å². The van der Waals surface area contributed by atoms with Crippen molar-refractivity contribution in [3.63, 3.8) is 0 Å². The maximum Gasteiger partial charge on any atom is 0.250 e. The summed E-state index contributed by atoms with van der Waals surface area (Å²) in [7, 11) is 0. The first-order chi connectivity index (χ1) is 8.22. The molecule has 0 spiro atoms. The van der Waals surface area contributed by atoms with E-state index in [-0.39, 0.29) is 11.7 Å². The van der Waals surface area contributed by atoms with E-state index >= 15 is 0 Å². The predicted molar refractivity (Wildman–Crippen MR) is 62.9 cm³/mol. The molecule has 2 heterocycles. The highest BCUT2D eigenvalue weighted by molar-refractivity contribution is 5.97. The average Bonchev–Trinajstić information content (AvgIpc) is 2.87. The van der Waals surface area contributed by atoms with Gasteiger partial charge in [-0.1, -0.05) is 13.8 Å². The van der Waals surface area contributed by atoms with Crippen molar-refractivity contribution in [2.45, 2.75) is 20.3 Å². The predicted octanol–water partition coefficient (Wildman–Crippen LogP) is 1.89. The lowest BCUT2D eigenvalue weighted by atomic mass is 10.00. The van der Waals surface area contributed by atoms with Crippen molar-refractivity contribution < 1.29 is 4.79 Å². The monoisotopic (exact) mass is 230 g/mol. The van der Waals surface area contributed by atoms with Gasteiger partial charge in [0, 0.05) is 24.5 Å². The van der Waals surface area contributed by atoms with Gasteiger partial charge in [0.25, 0.3) is 0 Å². The quantitative estimate of drug-likeness (QED) is 0.752. The third-order valence-corrected chi connectivity index (χ3v) is 2.68. The van der Waals surface area contributed by atoms with Crippen LogP contribution >= 0.6 is 0 Å². The van der Waals surface area contributed by atoms with Crippen molar-refractivity contribution in [3.05, 3.63) is 36.4 Å². The SMILES string of the molecule is CCC(C)C(=O)c1cnn(-c2ncccn2)c1. The highest BCUT2D eigenvalue weighted by Gasteiger charge is 2.15. The summed E-state index contributed by atoms with van der Waals surface area (Å²) in [4.78, 5) is 20.1. The molecular formula is C12H14N4O. The highest BCUT2D eigenvalue weighted by atomic mass is 16.1. The van der Waals surface area contributed by atoms with E-state index in [2.05, 4.69) is 15.1 Å². The largest absolute Gasteiger partial charge is 0.294 e. The fourth-order valence-corrected chi connectivity index (χ4v) is 1.44. The maximum atomic E-state index is 11.9. The summed E-state index contributed by atoms with van der Waals surface area (Å²) >= 11 is 0. The highest BCUT2D eigenvalue weighted by Crippen LogP contribution is 2.11. The zero-order valence-corrected chi connectivity index (χ0v) is 9.87. The zero-order chi connectivity index (χ0) is 12.3. The minimum atomic E-state index is 0.0179. The van der Waals surface area contributed by atoms with Gasteiger partial charge < -0.3 is 0 Å². The third kappa shape index (κ3) is 2.38. The topological polar surface area (TPSA) is 60.7 Å². The number of aromatic nitrogens is 4. The van der Waals surface area contributed by atoms with Gasteiger partial charge >= 0.3 is 0 Å². The van der Waals surface area contributed by atoms with E-state index in [1.54, 1.807) is 30.9 Å². The number of nitrogens with zero attached hydrogens (tertiary/aromatic N) is 4. The van der Waals surface area contributed by atoms with Crippen LogP contribution in [0, 0.1) is 5.92 Å². The summed E-state index contributed by atoms with van der Waals surface area (Å²) in [6.45, 7) is 3.91. The minimum absolute atomic E-state index is 0.0179. The number of rotatable bonds is 4. The molecule has 0 aromatic carbocycles. The molecule has 0 saturated heterocycles. The lowest BCUT2D eigenvalue weighted by Gasteiger charge is -2.03. The summed E-state index contributed by atoms with van der Waals surface area (Å²) in [5, 5.41) is 4.10. The Kier molecular flexibility index (Phi) is 3.27. The Morgan fingerprint density at radius 1 is 1.41 bits per heavy atom. The molecule has 0 bridgehead atoms. The zero-order valence-electron chi connectivity index (χ0n) is 9.87. The summed E-state index contributed by atoms with van der Waals surface area (Å²) in [6, 6.07) is 1.73. The molecule has 1 atom stereocenters. The van der Waals surface area contributed by atoms with Gasteiger partial charge in [-0.15, -0.1) is 0 Å². The molecular weight excluding hydrogens is 216 g/mol. The van der Waals surface area contributed by atoms with Crippen molar-refractivity contribution in [1.82, 2.24) is 19.7 Å². The van der Waals surface area contributed by atoms with E-state index < -0.39 is 0 Å². The van der Waals surface area contributed by atoms with Crippen LogP contribution in [0.1, 0.15) is 30.6 Å². The molecule has 1 unspecified atom stereocenters. The van der Waals surface area contributed by atoms with Crippen molar-refractivity contribution >= 4 is 5.78 Å². The molecule has 0 saturated carbocycles. The van der Waals surface area contributed by atoms with E-state index in [4.69, 9.17) is 0 Å². The summed E-state index contributed by atoms with van der Waals surface area (Å²) in [5.74, 6) is 0.592. The lowest BCUT2D eigenvalue weighted by molar-refractivity contribution is 0.0927. The van der Waals surface area contributed by atoms with Crippen molar-refractivity contribution in [2.24, 2.45) is 5.92 Å².